The molecule has 3 aliphatic rings. The first-order valence-corrected chi connectivity index (χ1v) is 18.5. The van der Waals surface area contributed by atoms with Crippen LogP contribution < -0.4 is 10.1 Å². The molecule has 1 atom stereocenters. The third-order valence-electron chi connectivity index (χ3n) is 10.4. The lowest BCUT2D eigenvalue weighted by Gasteiger charge is -2.53. The first kappa shape index (κ1) is 34.6. The summed E-state index contributed by atoms with van der Waals surface area (Å²) in [5.41, 5.74) is -0.0145. The monoisotopic (exact) mass is 691 g/mol. The molecule has 1 saturated heterocycles. The molecular formula is C34H44F3N5O5S. The first-order chi connectivity index (χ1) is 22.7. The summed E-state index contributed by atoms with van der Waals surface area (Å²) in [5, 5.41) is 8.26. The molecule has 2 aromatic heterocycles. The van der Waals surface area contributed by atoms with Gasteiger partial charge in [-0.3, -0.25) is 13.7 Å². The molecule has 14 heteroatoms. The number of carbonyl (C=O) groups is 1. The van der Waals surface area contributed by atoms with Crippen molar-refractivity contribution in [2.75, 3.05) is 38.3 Å². The maximum absolute atomic E-state index is 13.1. The van der Waals surface area contributed by atoms with Crippen LogP contribution in [0.25, 0.3) is 10.9 Å². The zero-order valence-electron chi connectivity index (χ0n) is 27.6. The van der Waals surface area contributed by atoms with Crippen LogP contribution in [0.3, 0.4) is 0 Å². The van der Waals surface area contributed by atoms with E-state index in [0.717, 1.165) is 75.5 Å². The summed E-state index contributed by atoms with van der Waals surface area (Å²) in [6.07, 6.45) is 8.03. The number of anilines is 1. The Hall–Kier alpha value is -3.23. The van der Waals surface area contributed by atoms with Gasteiger partial charge in [-0.2, -0.15) is 26.7 Å². The molecule has 1 N–H and O–H groups in total. The molecule has 2 aliphatic carbocycles. The molecule has 0 bridgehead atoms. The van der Waals surface area contributed by atoms with Crippen LogP contribution in [0.15, 0.2) is 36.5 Å². The number of likely N-dealkylation sites (tertiary alicyclic amines) is 1. The average Bonchev–Trinajstić information content (AvgIpc) is 3.43. The Balaban J connectivity index is 0.990. The third-order valence-corrected chi connectivity index (χ3v) is 11.1. The van der Waals surface area contributed by atoms with Gasteiger partial charge >= 0.3 is 6.18 Å². The van der Waals surface area contributed by atoms with Gasteiger partial charge in [0.2, 0.25) is 0 Å². The Kier molecular flexibility index (Phi) is 9.80. The lowest BCUT2D eigenvalue weighted by molar-refractivity contribution is -0.141. The number of carbonyl (C=O) groups excluding carboxylic acids is 1. The van der Waals surface area contributed by atoms with Gasteiger partial charge in [-0.15, -0.1) is 0 Å². The Morgan fingerprint density at radius 3 is 2.46 bits per heavy atom. The van der Waals surface area contributed by atoms with Crippen LogP contribution in [0.4, 0.5) is 18.9 Å². The third kappa shape index (κ3) is 8.14. The maximum atomic E-state index is 13.1. The summed E-state index contributed by atoms with van der Waals surface area (Å²) in [6.45, 7) is 5.21. The summed E-state index contributed by atoms with van der Waals surface area (Å²) in [6, 6.07) is 6.93. The van der Waals surface area contributed by atoms with E-state index >= 15 is 0 Å². The number of amides is 1. The van der Waals surface area contributed by atoms with Crippen LogP contribution in [0.2, 0.25) is 0 Å². The van der Waals surface area contributed by atoms with Gasteiger partial charge in [-0.1, -0.05) is 6.07 Å². The molecule has 3 heterocycles. The van der Waals surface area contributed by atoms with Crippen molar-refractivity contribution >= 4 is 32.6 Å². The number of aromatic nitrogens is 3. The van der Waals surface area contributed by atoms with E-state index in [9.17, 15) is 26.4 Å². The van der Waals surface area contributed by atoms with Gasteiger partial charge < -0.3 is 15.0 Å². The minimum Gasteiger partial charge on any atom is -0.494 e. The molecule has 262 valence electrons. The second kappa shape index (κ2) is 13.6. The minimum absolute atomic E-state index is 0.260. The number of ether oxygens (including phenoxy) is 1. The van der Waals surface area contributed by atoms with Crippen molar-refractivity contribution in [3.63, 3.8) is 0 Å². The summed E-state index contributed by atoms with van der Waals surface area (Å²) in [5.74, 6) is 0.787. The average molecular weight is 692 g/mol. The minimum atomic E-state index is -4.65. The molecule has 3 fully saturated rings. The van der Waals surface area contributed by atoms with Crippen molar-refractivity contribution in [3.8, 4) is 5.75 Å². The molecule has 2 saturated carbocycles. The SMILES string of the molecule is COc1cc2nn(C3CCC(CN4CCC5(CC4)CC(CC(C)OS(C)(=O)=O)C5)CC3)cc2cc1NC(=O)c1cccc(C(F)(F)F)n1. The van der Waals surface area contributed by atoms with Crippen molar-refractivity contribution in [1.82, 2.24) is 19.7 Å². The number of nitrogens with one attached hydrogen (secondary N) is 1. The van der Waals surface area contributed by atoms with E-state index in [1.807, 2.05) is 17.8 Å². The van der Waals surface area contributed by atoms with Crippen molar-refractivity contribution in [3.05, 3.63) is 47.9 Å². The smallest absolute Gasteiger partial charge is 0.433 e. The van der Waals surface area contributed by atoms with Crippen molar-refractivity contribution in [2.24, 2.45) is 17.3 Å². The van der Waals surface area contributed by atoms with E-state index < -0.39 is 27.9 Å². The van der Waals surface area contributed by atoms with Gasteiger partial charge in [0.25, 0.3) is 16.0 Å². The van der Waals surface area contributed by atoms with Gasteiger partial charge in [-0.05, 0) is 113 Å². The number of alkyl halides is 3. The Morgan fingerprint density at radius 2 is 1.81 bits per heavy atom. The first-order valence-electron chi connectivity index (χ1n) is 16.7. The molecule has 1 amide bonds. The maximum Gasteiger partial charge on any atom is 0.433 e. The molecule has 48 heavy (non-hydrogen) atoms. The molecule has 1 spiro atoms. The highest BCUT2D eigenvalue weighted by Gasteiger charge is 2.46. The van der Waals surface area contributed by atoms with Gasteiger partial charge in [0.15, 0.2) is 0 Å². The van der Waals surface area contributed by atoms with Crippen molar-refractivity contribution in [2.45, 2.75) is 83.0 Å². The van der Waals surface area contributed by atoms with E-state index in [4.69, 9.17) is 14.0 Å². The van der Waals surface area contributed by atoms with E-state index in [0.29, 0.717) is 34.2 Å². The summed E-state index contributed by atoms with van der Waals surface area (Å²) >= 11 is 0. The van der Waals surface area contributed by atoms with Gasteiger partial charge in [-0.25, -0.2) is 4.98 Å². The standard InChI is InChI=1S/C34H44F3N5O5S/c1-22(47-48(3,44)45)15-24-18-33(19-24)11-13-41(14-12-33)20-23-7-9-26(10-8-23)42-21-25-16-29(30(46-2)17-28(25)40-42)39-32(43)27-5-4-6-31(38-27)34(35,36)37/h4-6,16-17,21-24,26H,7-15,18-20H2,1-3H3,(H,39,43). The Bertz CT molecular complexity index is 1720. The number of rotatable bonds is 10. The van der Waals surface area contributed by atoms with Gasteiger partial charge in [0.1, 0.15) is 17.1 Å². The predicted octanol–water partition coefficient (Wildman–Crippen LogP) is 6.69. The van der Waals surface area contributed by atoms with E-state index in [2.05, 4.69) is 15.2 Å². The number of fused-ring (bicyclic) bond motifs is 1. The number of nitrogens with zero attached hydrogens (tertiary/aromatic N) is 4. The van der Waals surface area contributed by atoms with E-state index in [-0.39, 0.29) is 17.8 Å². The van der Waals surface area contributed by atoms with Crippen LogP contribution in [0.5, 0.6) is 5.75 Å². The van der Waals surface area contributed by atoms with Crippen LogP contribution >= 0.6 is 0 Å². The number of benzene rings is 1. The molecule has 0 radical (unpaired) electrons. The lowest BCUT2D eigenvalue weighted by atomic mass is 9.56. The summed E-state index contributed by atoms with van der Waals surface area (Å²) < 4.78 is 74.7. The highest BCUT2D eigenvalue weighted by Crippen LogP contribution is 2.54. The van der Waals surface area contributed by atoms with Crippen LogP contribution in [-0.4, -0.2) is 73.1 Å². The largest absolute Gasteiger partial charge is 0.494 e. The quantitative estimate of drug-likeness (QED) is 0.234. The molecule has 6 rings (SSSR count). The molecule has 1 aromatic carbocycles. The molecule has 3 aromatic rings. The number of hydrogen-bond acceptors (Lipinski definition) is 8. The Labute approximate surface area is 279 Å². The fourth-order valence-corrected chi connectivity index (χ4v) is 8.82. The number of pyridine rings is 1. The van der Waals surface area contributed by atoms with Crippen LogP contribution in [0, 0.1) is 17.3 Å². The highest BCUT2D eigenvalue weighted by molar-refractivity contribution is 7.86. The van der Waals surface area contributed by atoms with Gasteiger partial charge in [0, 0.05) is 24.2 Å². The van der Waals surface area contributed by atoms with E-state index in [1.165, 1.54) is 38.9 Å². The number of piperidine rings is 1. The van der Waals surface area contributed by atoms with Gasteiger partial charge in [0.05, 0.1) is 36.7 Å². The zero-order valence-corrected chi connectivity index (χ0v) is 28.4. The molecule has 1 aliphatic heterocycles. The van der Waals surface area contributed by atoms with Crippen molar-refractivity contribution < 1.29 is 35.3 Å². The number of hydrogen-bond donors (Lipinski definition) is 1. The molecule has 10 nitrogen and oxygen atoms in total. The fourth-order valence-electron chi connectivity index (χ4n) is 8.14. The summed E-state index contributed by atoms with van der Waals surface area (Å²) in [7, 11) is -1.95. The van der Waals surface area contributed by atoms with Crippen LogP contribution in [-0.2, 0) is 20.5 Å². The topological polar surface area (TPSA) is 116 Å². The number of halogens is 3. The highest BCUT2D eigenvalue weighted by atomic mass is 32.2. The second-order valence-electron chi connectivity index (χ2n) is 14.2. The normalized spacial score (nSPS) is 22.8. The zero-order chi connectivity index (χ0) is 34.3. The predicted molar refractivity (Wildman–Crippen MR) is 175 cm³/mol. The van der Waals surface area contributed by atoms with Crippen molar-refractivity contribution in [1.29, 1.82) is 0 Å². The number of methoxy groups -OCH3 is 1. The molecule has 1 unspecified atom stereocenters. The van der Waals surface area contributed by atoms with E-state index in [1.54, 1.807) is 12.1 Å². The second-order valence-corrected chi connectivity index (χ2v) is 15.8. The summed E-state index contributed by atoms with van der Waals surface area (Å²) in [4.78, 5) is 18.9. The fraction of sp³-hybridized carbons (Fsp3) is 0.618. The Morgan fingerprint density at radius 1 is 1.10 bits per heavy atom. The van der Waals surface area contributed by atoms with Crippen LogP contribution in [0.1, 0.15) is 86.9 Å². The molecular weight excluding hydrogens is 647 g/mol. The lowest BCUT2D eigenvalue weighted by Crippen LogP contribution is -2.48.